The van der Waals surface area contributed by atoms with Crippen LogP contribution in [0.25, 0.3) is 0 Å². The van der Waals surface area contributed by atoms with Crippen LogP contribution in [0.2, 0.25) is 0 Å². The molecule has 0 aliphatic carbocycles. The molecule has 1 amide bonds. The van der Waals surface area contributed by atoms with E-state index in [9.17, 15) is 4.79 Å². The number of hydrogen-bond acceptors (Lipinski definition) is 3. The molecule has 0 aromatic carbocycles. The van der Waals surface area contributed by atoms with E-state index in [1.807, 2.05) is 0 Å². The van der Waals surface area contributed by atoms with E-state index in [2.05, 4.69) is 5.32 Å². The molecule has 0 saturated heterocycles. The van der Waals surface area contributed by atoms with Crippen molar-refractivity contribution < 1.29 is 9.90 Å². The maximum atomic E-state index is 10.6. The zero-order valence-corrected chi connectivity index (χ0v) is 6.13. The van der Waals surface area contributed by atoms with Crippen molar-refractivity contribution in [3.05, 3.63) is 0 Å². The molecule has 0 heterocycles. The van der Waals surface area contributed by atoms with Crippen molar-refractivity contribution in [2.45, 2.75) is 18.9 Å². The van der Waals surface area contributed by atoms with Crippen LogP contribution in [0.1, 0.15) is 12.8 Å². The third-order valence-corrected chi connectivity index (χ3v) is 1.26. The van der Waals surface area contributed by atoms with E-state index in [-0.39, 0.29) is 18.6 Å². The summed E-state index contributed by atoms with van der Waals surface area (Å²) in [6.45, 7) is -0.0585. The lowest BCUT2D eigenvalue weighted by molar-refractivity contribution is -0.120. The van der Waals surface area contributed by atoms with Crippen LogP contribution < -0.4 is 11.1 Å². The molecule has 0 aliphatic heterocycles. The Morgan fingerprint density at radius 2 is 2.40 bits per heavy atom. The van der Waals surface area contributed by atoms with Crippen LogP contribution in [-0.2, 0) is 4.79 Å². The average Bonchev–Trinajstić information content (AvgIpc) is 1.99. The SMILES string of the molecule is CNC(=O)CC[C@H](N)CO. The van der Waals surface area contributed by atoms with Crippen LogP contribution in [0, 0.1) is 0 Å². The van der Waals surface area contributed by atoms with E-state index in [0.29, 0.717) is 12.8 Å². The van der Waals surface area contributed by atoms with Crippen LogP contribution in [-0.4, -0.2) is 30.7 Å². The summed E-state index contributed by atoms with van der Waals surface area (Å²) in [7, 11) is 1.58. The maximum absolute atomic E-state index is 10.6. The quantitative estimate of drug-likeness (QED) is 0.468. The Morgan fingerprint density at radius 1 is 1.80 bits per heavy atom. The highest BCUT2D eigenvalue weighted by molar-refractivity contribution is 5.75. The van der Waals surface area contributed by atoms with Crippen LogP contribution in [0.5, 0.6) is 0 Å². The molecule has 0 bridgehead atoms. The Kier molecular flexibility index (Phi) is 4.88. The lowest BCUT2D eigenvalue weighted by Gasteiger charge is -2.05. The fourth-order valence-electron chi connectivity index (χ4n) is 0.533. The van der Waals surface area contributed by atoms with Gasteiger partial charge in [-0.2, -0.15) is 0 Å². The number of nitrogens with one attached hydrogen (secondary N) is 1. The first-order chi connectivity index (χ1) is 4.70. The summed E-state index contributed by atoms with van der Waals surface area (Å²) in [5, 5.41) is 10.9. The van der Waals surface area contributed by atoms with Crippen LogP contribution >= 0.6 is 0 Å². The standard InChI is InChI=1S/C6H14N2O2/c1-8-6(10)3-2-5(7)4-9/h5,9H,2-4,7H2,1H3,(H,8,10)/t5-/m0/s1. The summed E-state index contributed by atoms with van der Waals surface area (Å²) in [5.41, 5.74) is 5.35. The zero-order valence-electron chi connectivity index (χ0n) is 6.13. The number of aliphatic hydroxyl groups excluding tert-OH is 1. The van der Waals surface area contributed by atoms with Crippen molar-refractivity contribution >= 4 is 5.91 Å². The lowest BCUT2D eigenvalue weighted by Crippen LogP contribution is -2.27. The van der Waals surface area contributed by atoms with Gasteiger partial charge in [-0.05, 0) is 6.42 Å². The monoisotopic (exact) mass is 146 g/mol. The highest BCUT2D eigenvalue weighted by Gasteiger charge is 2.03. The van der Waals surface area contributed by atoms with Crippen LogP contribution in [0.4, 0.5) is 0 Å². The fourth-order valence-corrected chi connectivity index (χ4v) is 0.533. The highest BCUT2D eigenvalue weighted by atomic mass is 16.3. The molecule has 1 atom stereocenters. The van der Waals surface area contributed by atoms with Crippen molar-refractivity contribution in [1.82, 2.24) is 5.32 Å². The van der Waals surface area contributed by atoms with Gasteiger partial charge in [0.2, 0.25) is 5.91 Å². The van der Waals surface area contributed by atoms with Crippen molar-refractivity contribution in [2.75, 3.05) is 13.7 Å². The van der Waals surface area contributed by atoms with Gasteiger partial charge in [-0.15, -0.1) is 0 Å². The molecular formula is C6H14N2O2. The van der Waals surface area contributed by atoms with Crippen molar-refractivity contribution in [1.29, 1.82) is 0 Å². The van der Waals surface area contributed by atoms with Crippen LogP contribution in [0.15, 0.2) is 0 Å². The summed E-state index contributed by atoms with van der Waals surface area (Å²) in [6, 6.07) is -0.266. The van der Waals surface area contributed by atoms with Gasteiger partial charge in [-0.3, -0.25) is 4.79 Å². The number of rotatable bonds is 4. The summed E-state index contributed by atoms with van der Waals surface area (Å²) in [4.78, 5) is 10.6. The molecular weight excluding hydrogens is 132 g/mol. The largest absolute Gasteiger partial charge is 0.395 e. The molecule has 0 aromatic rings. The smallest absolute Gasteiger partial charge is 0.219 e. The molecule has 0 aromatic heterocycles. The van der Waals surface area contributed by atoms with E-state index in [0.717, 1.165) is 0 Å². The summed E-state index contributed by atoms with van der Waals surface area (Å²) in [6.07, 6.45) is 0.925. The molecule has 10 heavy (non-hydrogen) atoms. The van der Waals surface area contributed by atoms with Gasteiger partial charge < -0.3 is 16.2 Å². The second-order valence-corrected chi connectivity index (χ2v) is 2.15. The molecule has 0 unspecified atom stereocenters. The molecule has 0 rings (SSSR count). The minimum Gasteiger partial charge on any atom is -0.395 e. The van der Waals surface area contributed by atoms with E-state index >= 15 is 0 Å². The Balaban J connectivity index is 3.26. The van der Waals surface area contributed by atoms with Crippen molar-refractivity contribution in [3.63, 3.8) is 0 Å². The lowest BCUT2D eigenvalue weighted by atomic mass is 10.2. The van der Waals surface area contributed by atoms with Crippen molar-refractivity contribution in [3.8, 4) is 0 Å². The second-order valence-electron chi connectivity index (χ2n) is 2.15. The fraction of sp³-hybridized carbons (Fsp3) is 0.833. The minimum absolute atomic E-state index is 0.0381. The third kappa shape index (κ3) is 4.29. The van der Waals surface area contributed by atoms with Gasteiger partial charge in [0.05, 0.1) is 6.61 Å². The Bertz CT molecular complexity index is 106. The summed E-state index contributed by atoms with van der Waals surface area (Å²) >= 11 is 0. The first-order valence-electron chi connectivity index (χ1n) is 3.27. The normalized spacial score (nSPS) is 12.7. The van der Waals surface area contributed by atoms with E-state index in [1.165, 1.54) is 0 Å². The number of hydrogen-bond donors (Lipinski definition) is 3. The summed E-state index contributed by atoms with van der Waals surface area (Å²) < 4.78 is 0. The van der Waals surface area contributed by atoms with Crippen LogP contribution in [0.3, 0.4) is 0 Å². The average molecular weight is 146 g/mol. The molecule has 4 heteroatoms. The highest BCUT2D eigenvalue weighted by Crippen LogP contribution is 1.92. The predicted molar refractivity (Wildman–Crippen MR) is 38.4 cm³/mol. The number of amides is 1. The number of nitrogens with two attached hydrogens (primary N) is 1. The first-order valence-corrected chi connectivity index (χ1v) is 3.27. The Morgan fingerprint density at radius 3 is 2.80 bits per heavy atom. The molecule has 0 radical (unpaired) electrons. The molecule has 60 valence electrons. The van der Waals surface area contributed by atoms with Crippen molar-refractivity contribution in [2.24, 2.45) is 5.73 Å². The number of aliphatic hydroxyl groups is 1. The second kappa shape index (κ2) is 5.20. The maximum Gasteiger partial charge on any atom is 0.219 e. The molecule has 4 N–H and O–H groups in total. The Labute approximate surface area is 60.4 Å². The van der Waals surface area contributed by atoms with Gasteiger partial charge in [0.25, 0.3) is 0 Å². The van der Waals surface area contributed by atoms with E-state index in [1.54, 1.807) is 7.05 Å². The van der Waals surface area contributed by atoms with Gasteiger partial charge in [-0.25, -0.2) is 0 Å². The summed E-state index contributed by atoms with van der Waals surface area (Å²) in [5.74, 6) is -0.0381. The number of carbonyl (C=O) groups is 1. The van der Waals surface area contributed by atoms with E-state index < -0.39 is 0 Å². The third-order valence-electron chi connectivity index (χ3n) is 1.26. The van der Waals surface area contributed by atoms with Gasteiger partial charge in [0, 0.05) is 19.5 Å². The molecule has 0 spiro atoms. The molecule has 4 nitrogen and oxygen atoms in total. The Hall–Kier alpha value is -0.610. The number of carbonyl (C=O) groups excluding carboxylic acids is 1. The molecule has 0 saturated carbocycles. The van der Waals surface area contributed by atoms with Gasteiger partial charge in [0.15, 0.2) is 0 Å². The zero-order chi connectivity index (χ0) is 7.98. The van der Waals surface area contributed by atoms with E-state index in [4.69, 9.17) is 10.8 Å². The topological polar surface area (TPSA) is 75.4 Å². The van der Waals surface area contributed by atoms with Gasteiger partial charge >= 0.3 is 0 Å². The van der Waals surface area contributed by atoms with Gasteiger partial charge in [0.1, 0.15) is 0 Å². The molecule has 0 aliphatic rings. The first kappa shape index (κ1) is 9.39. The minimum atomic E-state index is -0.266. The van der Waals surface area contributed by atoms with Gasteiger partial charge in [-0.1, -0.05) is 0 Å². The molecule has 0 fully saturated rings. The predicted octanol–water partition coefficient (Wildman–Crippen LogP) is -1.17.